The predicted molar refractivity (Wildman–Crippen MR) is 58.7 cm³/mol. The predicted octanol–water partition coefficient (Wildman–Crippen LogP) is 1.75. The average molecular weight is 203 g/mol. The molecule has 0 aromatic heterocycles. The van der Waals surface area contributed by atoms with E-state index >= 15 is 0 Å². The van der Waals surface area contributed by atoms with Crippen LogP contribution in [-0.2, 0) is 16.0 Å². The van der Waals surface area contributed by atoms with Gasteiger partial charge < -0.3 is 10.1 Å². The van der Waals surface area contributed by atoms with Crippen molar-refractivity contribution in [3.63, 3.8) is 0 Å². The second-order valence-electron chi connectivity index (χ2n) is 3.49. The lowest BCUT2D eigenvalue weighted by molar-refractivity contribution is -0.134. The van der Waals surface area contributed by atoms with E-state index in [4.69, 9.17) is 0 Å². The Hall–Kier alpha value is -1.77. The first-order valence-corrected chi connectivity index (χ1v) is 4.90. The fourth-order valence-corrected chi connectivity index (χ4v) is 1.71. The molecular weight excluding hydrogens is 190 g/mol. The van der Waals surface area contributed by atoms with Gasteiger partial charge in [0.2, 0.25) is 0 Å². The lowest BCUT2D eigenvalue weighted by Crippen LogP contribution is -2.12. The summed E-state index contributed by atoms with van der Waals surface area (Å²) in [6.07, 6.45) is 4.22. The topological polar surface area (TPSA) is 38.3 Å². The number of carbonyl (C=O) groups is 1. The van der Waals surface area contributed by atoms with Crippen LogP contribution >= 0.6 is 0 Å². The Morgan fingerprint density at radius 1 is 1.53 bits per heavy atom. The number of hydrogen-bond acceptors (Lipinski definition) is 3. The molecule has 0 unspecified atom stereocenters. The molecule has 1 aromatic rings. The molecule has 0 radical (unpaired) electrons. The minimum atomic E-state index is -0.312. The van der Waals surface area contributed by atoms with Crippen molar-refractivity contribution in [1.82, 2.24) is 0 Å². The average Bonchev–Trinajstić information content (AvgIpc) is 2.68. The number of fused-ring (bicyclic) bond motifs is 1. The number of nitrogens with one attached hydrogen (secondary N) is 1. The van der Waals surface area contributed by atoms with Crippen LogP contribution < -0.4 is 5.32 Å². The molecule has 0 saturated heterocycles. The molecule has 3 heteroatoms. The Bertz CT molecular complexity index is 373. The largest absolute Gasteiger partial charge is 0.466 e. The minimum absolute atomic E-state index is 0.196. The number of methoxy groups -OCH3 is 1. The third kappa shape index (κ3) is 2.18. The van der Waals surface area contributed by atoms with Gasteiger partial charge in [0.15, 0.2) is 0 Å². The van der Waals surface area contributed by atoms with Crippen LogP contribution in [0.4, 0.5) is 5.69 Å². The van der Waals surface area contributed by atoms with Gasteiger partial charge >= 0.3 is 5.97 Å². The van der Waals surface area contributed by atoms with E-state index in [-0.39, 0.29) is 12.0 Å². The van der Waals surface area contributed by atoms with Gasteiger partial charge in [0.05, 0.1) is 7.11 Å². The maximum atomic E-state index is 10.9. The molecule has 0 saturated carbocycles. The van der Waals surface area contributed by atoms with E-state index in [9.17, 15) is 4.79 Å². The third-order valence-corrected chi connectivity index (χ3v) is 2.46. The van der Waals surface area contributed by atoms with Crippen LogP contribution in [0.5, 0.6) is 0 Å². The van der Waals surface area contributed by atoms with Crippen LogP contribution in [0.25, 0.3) is 0 Å². The van der Waals surface area contributed by atoms with Gasteiger partial charge in [0.1, 0.15) is 0 Å². The number of rotatable bonds is 2. The van der Waals surface area contributed by atoms with Crippen LogP contribution in [0.2, 0.25) is 0 Å². The van der Waals surface area contributed by atoms with Crippen molar-refractivity contribution >= 4 is 11.7 Å². The van der Waals surface area contributed by atoms with Crippen LogP contribution in [0.3, 0.4) is 0 Å². The molecule has 1 aliphatic rings. The zero-order chi connectivity index (χ0) is 10.7. The number of benzene rings is 1. The summed E-state index contributed by atoms with van der Waals surface area (Å²) in [6.45, 7) is 0. The van der Waals surface area contributed by atoms with Crippen LogP contribution in [0.15, 0.2) is 36.4 Å². The second kappa shape index (κ2) is 4.17. The van der Waals surface area contributed by atoms with Crippen molar-refractivity contribution in [3.05, 3.63) is 42.0 Å². The van der Waals surface area contributed by atoms with Gasteiger partial charge in [0, 0.05) is 17.8 Å². The summed E-state index contributed by atoms with van der Waals surface area (Å²) in [5.74, 6) is -0.312. The molecule has 1 N–H and O–H groups in total. The zero-order valence-corrected chi connectivity index (χ0v) is 8.57. The fourth-order valence-electron chi connectivity index (χ4n) is 1.71. The summed E-state index contributed by atoms with van der Waals surface area (Å²) < 4.78 is 4.53. The number of para-hydroxylation sites is 1. The van der Waals surface area contributed by atoms with Crippen LogP contribution in [0, 0.1) is 0 Å². The molecule has 2 rings (SSSR count). The van der Waals surface area contributed by atoms with Gasteiger partial charge in [-0.1, -0.05) is 24.3 Å². The van der Waals surface area contributed by atoms with Crippen molar-refractivity contribution < 1.29 is 9.53 Å². The highest BCUT2D eigenvalue weighted by molar-refractivity contribution is 5.82. The van der Waals surface area contributed by atoms with Gasteiger partial charge in [-0.15, -0.1) is 0 Å². The monoisotopic (exact) mass is 203 g/mol. The Labute approximate surface area is 88.8 Å². The Kier molecular flexibility index (Phi) is 2.72. The Morgan fingerprint density at radius 2 is 2.33 bits per heavy atom. The molecule has 1 aliphatic heterocycles. The smallest absolute Gasteiger partial charge is 0.330 e. The summed E-state index contributed by atoms with van der Waals surface area (Å²) in [5.41, 5.74) is 2.44. The van der Waals surface area contributed by atoms with Crippen molar-refractivity contribution in [2.24, 2.45) is 0 Å². The highest BCUT2D eigenvalue weighted by atomic mass is 16.5. The van der Waals surface area contributed by atoms with Crippen molar-refractivity contribution in [2.45, 2.75) is 12.5 Å². The van der Waals surface area contributed by atoms with E-state index in [1.165, 1.54) is 18.7 Å². The van der Waals surface area contributed by atoms with E-state index in [1.807, 2.05) is 24.3 Å². The summed E-state index contributed by atoms with van der Waals surface area (Å²) in [4.78, 5) is 10.9. The minimum Gasteiger partial charge on any atom is -0.466 e. The first kappa shape index (κ1) is 9.77. The highest BCUT2D eigenvalue weighted by Crippen LogP contribution is 2.25. The number of carbonyl (C=O) groups excluding carboxylic acids is 1. The summed E-state index contributed by atoms with van der Waals surface area (Å²) >= 11 is 0. The third-order valence-electron chi connectivity index (χ3n) is 2.46. The van der Waals surface area contributed by atoms with Crippen molar-refractivity contribution in [1.29, 1.82) is 0 Å². The second-order valence-corrected chi connectivity index (χ2v) is 3.49. The molecule has 1 heterocycles. The van der Waals surface area contributed by atoms with E-state index in [2.05, 4.69) is 16.1 Å². The molecule has 78 valence electrons. The van der Waals surface area contributed by atoms with Crippen molar-refractivity contribution in [2.75, 3.05) is 12.4 Å². The molecule has 0 spiro atoms. The van der Waals surface area contributed by atoms with E-state index in [1.54, 1.807) is 0 Å². The van der Waals surface area contributed by atoms with E-state index < -0.39 is 0 Å². The SMILES string of the molecule is COC(=O)/C=C/[C@H]1Cc2ccccc2N1. The quantitative estimate of drug-likeness (QED) is 0.588. The summed E-state index contributed by atoms with van der Waals surface area (Å²) in [5, 5.41) is 3.32. The van der Waals surface area contributed by atoms with Crippen LogP contribution in [0.1, 0.15) is 5.56 Å². The lowest BCUT2D eigenvalue weighted by Gasteiger charge is -2.03. The van der Waals surface area contributed by atoms with E-state index in [0.29, 0.717) is 0 Å². The highest BCUT2D eigenvalue weighted by Gasteiger charge is 2.17. The van der Waals surface area contributed by atoms with Gasteiger partial charge in [-0.25, -0.2) is 4.79 Å². The maximum Gasteiger partial charge on any atom is 0.330 e. The summed E-state index contributed by atoms with van der Waals surface area (Å²) in [7, 11) is 1.38. The molecule has 1 atom stereocenters. The molecule has 3 nitrogen and oxygen atoms in total. The van der Waals surface area contributed by atoms with Gasteiger partial charge in [0.25, 0.3) is 0 Å². The maximum absolute atomic E-state index is 10.9. The fraction of sp³-hybridized carbons (Fsp3) is 0.250. The van der Waals surface area contributed by atoms with Crippen LogP contribution in [-0.4, -0.2) is 19.1 Å². The number of hydrogen-bond donors (Lipinski definition) is 1. The number of anilines is 1. The Morgan fingerprint density at radius 3 is 3.07 bits per heavy atom. The molecule has 0 fully saturated rings. The van der Waals surface area contributed by atoms with Gasteiger partial charge in [-0.05, 0) is 18.1 Å². The number of ether oxygens (including phenoxy) is 1. The molecule has 0 aliphatic carbocycles. The first-order valence-electron chi connectivity index (χ1n) is 4.90. The molecule has 0 amide bonds. The Balaban J connectivity index is 2.02. The normalized spacial score (nSPS) is 18.6. The number of esters is 1. The van der Waals surface area contributed by atoms with Crippen molar-refractivity contribution in [3.8, 4) is 0 Å². The zero-order valence-electron chi connectivity index (χ0n) is 8.57. The summed E-state index contributed by atoms with van der Waals surface area (Å²) in [6, 6.07) is 8.35. The molecule has 1 aromatic carbocycles. The molecule has 0 bridgehead atoms. The van der Waals surface area contributed by atoms with Gasteiger partial charge in [-0.2, -0.15) is 0 Å². The first-order chi connectivity index (χ1) is 7.29. The van der Waals surface area contributed by atoms with E-state index in [0.717, 1.165) is 12.1 Å². The molecular formula is C12H13NO2. The standard InChI is InChI=1S/C12H13NO2/c1-15-12(14)7-6-10-8-9-4-2-3-5-11(9)13-10/h2-7,10,13H,8H2,1H3/b7-6+/t10-/m0/s1. The molecule has 15 heavy (non-hydrogen) atoms. The van der Waals surface area contributed by atoms with Gasteiger partial charge in [-0.3, -0.25) is 0 Å². The lowest BCUT2D eigenvalue weighted by atomic mass is 10.1.